The third-order valence-corrected chi connectivity index (χ3v) is 1.69. The van der Waals surface area contributed by atoms with Gasteiger partial charge in [-0.25, -0.2) is 0 Å². The molecule has 0 aliphatic carbocycles. The van der Waals surface area contributed by atoms with Crippen LogP contribution in [0.25, 0.3) is 0 Å². The fraction of sp³-hybridized carbons (Fsp3) is 0.400. The lowest BCUT2D eigenvalue weighted by molar-refractivity contribution is 0.315. The molecule has 1 rings (SSSR count). The maximum atomic E-state index is 9.48. The van der Waals surface area contributed by atoms with Crippen LogP contribution in [0.4, 0.5) is 0 Å². The lowest BCUT2D eigenvalue weighted by atomic mass is 10.1. The number of phenolic OH excluding ortho intramolecular Hbond substituents is 1. The molecule has 2 nitrogen and oxygen atoms in total. The first-order chi connectivity index (χ1) is 5.65. The van der Waals surface area contributed by atoms with Gasteiger partial charge in [0, 0.05) is 0 Å². The molecule has 1 aromatic carbocycles. The topological polar surface area (TPSA) is 29.5 Å². The van der Waals surface area contributed by atoms with Gasteiger partial charge in [-0.1, -0.05) is 6.07 Å². The lowest BCUT2D eigenvalue weighted by Crippen LogP contribution is -1.94. The Morgan fingerprint density at radius 1 is 1.33 bits per heavy atom. The second-order valence-corrected chi connectivity index (χ2v) is 2.86. The normalized spacial score (nSPS) is 9.92. The monoisotopic (exact) mass is 166 g/mol. The molecule has 0 spiro atoms. The van der Waals surface area contributed by atoms with Gasteiger partial charge in [0.1, 0.15) is 0 Å². The summed E-state index contributed by atoms with van der Waals surface area (Å²) in [5, 5.41) is 9.48. The van der Waals surface area contributed by atoms with Gasteiger partial charge in [-0.2, -0.15) is 0 Å². The lowest BCUT2D eigenvalue weighted by Gasteiger charge is -2.09. The number of ether oxygens (including phenoxy) is 1. The van der Waals surface area contributed by atoms with E-state index < -0.39 is 0 Å². The molecular formula is C10H14O2. The van der Waals surface area contributed by atoms with E-state index in [1.165, 1.54) is 0 Å². The molecule has 0 radical (unpaired) electrons. The van der Waals surface area contributed by atoms with Gasteiger partial charge < -0.3 is 9.84 Å². The molecule has 0 unspecified atom stereocenters. The molecule has 0 bridgehead atoms. The second kappa shape index (κ2) is 3.48. The average Bonchev–Trinajstić information content (AvgIpc) is 1.96. The fourth-order valence-electron chi connectivity index (χ4n) is 1.26. The Hall–Kier alpha value is -1.18. The van der Waals surface area contributed by atoms with Crippen molar-refractivity contribution >= 4 is 0 Å². The first-order valence-electron chi connectivity index (χ1n) is 4.08. The molecule has 0 aliphatic rings. The molecule has 1 aromatic rings. The van der Waals surface area contributed by atoms with Crippen LogP contribution < -0.4 is 4.74 Å². The van der Waals surface area contributed by atoms with Gasteiger partial charge in [0.05, 0.1) is 6.61 Å². The smallest absolute Gasteiger partial charge is 0.163 e. The highest BCUT2D eigenvalue weighted by atomic mass is 16.5. The maximum absolute atomic E-state index is 9.48. The summed E-state index contributed by atoms with van der Waals surface area (Å²) in [6, 6.07) is 3.70. The van der Waals surface area contributed by atoms with E-state index in [0.29, 0.717) is 12.4 Å². The summed E-state index contributed by atoms with van der Waals surface area (Å²) >= 11 is 0. The van der Waals surface area contributed by atoms with Crippen molar-refractivity contribution in [1.29, 1.82) is 0 Å². The SMILES string of the molecule is CCOc1c(C)cc(C)cc1O. The van der Waals surface area contributed by atoms with Crippen LogP contribution in [0, 0.1) is 13.8 Å². The predicted octanol–water partition coefficient (Wildman–Crippen LogP) is 2.41. The molecule has 1 N–H and O–H groups in total. The molecule has 0 aromatic heterocycles. The Bertz CT molecular complexity index is 256. The molecule has 12 heavy (non-hydrogen) atoms. The van der Waals surface area contributed by atoms with Crippen LogP contribution in [0.2, 0.25) is 0 Å². The summed E-state index contributed by atoms with van der Waals surface area (Å²) in [6.07, 6.45) is 0. The van der Waals surface area contributed by atoms with Gasteiger partial charge in [-0.05, 0) is 38.0 Å². The van der Waals surface area contributed by atoms with Crippen LogP contribution in [-0.4, -0.2) is 11.7 Å². The van der Waals surface area contributed by atoms with Gasteiger partial charge in [0.2, 0.25) is 0 Å². The highest BCUT2D eigenvalue weighted by molar-refractivity contribution is 5.47. The second-order valence-electron chi connectivity index (χ2n) is 2.86. The van der Waals surface area contributed by atoms with E-state index in [2.05, 4.69) is 0 Å². The maximum Gasteiger partial charge on any atom is 0.163 e. The standard InChI is InChI=1S/C10H14O2/c1-4-12-10-8(3)5-7(2)6-9(10)11/h5-6,11H,4H2,1-3H3. The van der Waals surface area contributed by atoms with E-state index in [9.17, 15) is 5.11 Å². The molecular weight excluding hydrogens is 152 g/mol. The molecule has 0 saturated heterocycles. The van der Waals surface area contributed by atoms with Crippen molar-refractivity contribution in [3.8, 4) is 11.5 Å². The summed E-state index contributed by atoms with van der Waals surface area (Å²) in [4.78, 5) is 0. The van der Waals surface area contributed by atoms with Crippen molar-refractivity contribution in [3.63, 3.8) is 0 Å². The molecule has 66 valence electrons. The van der Waals surface area contributed by atoms with E-state index in [-0.39, 0.29) is 5.75 Å². The molecule has 0 atom stereocenters. The van der Waals surface area contributed by atoms with E-state index in [1.54, 1.807) is 6.07 Å². The Labute approximate surface area is 72.8 Å². The number of benzene rings is 1. The van der Waals surface area contributed by atoms with E-state index in [1.807, 2.05) is 26.8 Å². The third-order valence-electron chi connectivity index (χ3n) is 1.69. The van der Waals surface area contributed by atoms with Crippen LogP contribution in [0.1, 0.15) is 18.1 Å². The van der Waals surface area contributed by atoms with Crippen molar-refractivity contribution < 1.29 is 9.84 Å². The van der Waals surface area contributed by atoms with Crippen molar-refractivity contribution in [2.75, 3.05) is 6.61 Å². The number of hydrogen-bond acceptors (Lipinski definition) is 2. The number of phenols is 1. The molecule has 0 amide bonds. The van der Waals surface area contributed by atoms with Gasteiger partial charge in [-0.15, -0.1) is 0 Å². The number of aryl methyl sites for hydroxylation is 2. The Morgan fingerprint density at radius 3 is 2.50 bits per heavy atom. The van der Waals surface area contributed by atoms with E-state index in [4.69, 9.17) is 4.74 Å². The van der Waals surface area contributed by atoms with Gasteiger partial charge >= 0.3 is 0 Å². The van der Waals surface area contributed by atoms with Crippen LogP contribution in [0.5, 0.6) is 11.5 Å². The molecule has 0 fully saturated rings. The summed E-state index contributed by atoms with van der Waals surface area (Å²) in [5.74, 6) is 0.831. The molecule has 2 heteroatoms. The zero-order valence-electron chi connectivity index (χ0n) is 7.72. The highest BCUT2D eigenvalue weighted by Gasteiger charge is 2.05. The zero-order valence-corrected chi connectivity index (χ0v) is 7.72. The van der Waals surface area contributed by atoms with Crippen LogP contribution in [0.3, 0.4) is 0 Å². The average molecular weight is 166 g/mol. The summed E-state index contributed by atoms with van der Waals surface area (Å²) < 4.78 is 5.27. The van der Waals surface area contributed by atoms with Crippen molar-refractivity contribution in [3.05, 3.63) is 23.3 Å². The Balaban J connectivity index is 3.10. The molecule has 0 heterocycles. The Kier molecular flexibility index (Phi) is 2.58. The van der Waals surface area contributed by atoms with Crippen molar-refractivity contribution in [2.24, 2.45) is 0 Å². The van der Waals surface area contributed by atoms with E-state index >= 15 is 0 Å². The first kappa shape index (κ1) is 8.91. The largest absolute Gasteiger partial charge is 0.504 e. The predicted molar refractivity (Wildman–Crippen MR) is 48.7 cm³/mol. The molecule has 0 aliphatic heterocycles. The zero-order chi connectivity index (χ0) is 9.14. The van der Waals surface area contributed by atoms with Crippen LogP contribution in [0.15, 0.2) is 12.1 Å². The summed E-state index contributed by atoms with van der Waals surface area (Å²) in [5.41, 5.74) is 2.03. The van der Waals surface area contributed by atoms with Crippen LogP contribution >= 0.6 is 0 Å². The van der Waals surface area contributed by atoms with Crippen molar-refractivity contribution in [2.45, 2.75) is 20.8 Å². The minimum Gasteiger partial charge on any atom is -0.504 e. The fourth-order valence-corrected chi connectivity index (χ4v) is 1.26. The molecule has 0 saturated carbocycles. The van der Waals surface area contributed by atoms with Gasteiger partial charge in [-0.3, -0.25) is 0 Å². The highest BCUT2D eigenvalue weighted by Crippen LogP contribution is 2.30. The van der Waals surface area contributed by atoms with Crippen molar-refractivity contribution in [1.82, 2.24) is 0 Å². The Morgan fingerprint density at radius 2 is 2.00 bits per heavy atom. The quantitative estimate of drug-likeness (QED) is 0.731. The number of hydrogen-bond donors (Lipinski definition) is 1. The minimum absolute atomic E-state index is 0.231. The first-order valence-corrected chi connectivity index (χ1v) is 4.08. The van der Waals surface area contributed by atoms with E-state index in [0.717, 1.165) is 11.1 Å². The van der Waals surface area contributed by atoms with Gasteiger partial charge in [0.25, 0.3) is 0 Å². The summed E-state index contributed by atoms with van der Waals surface area (Å²) in [6.45, 7) is 6.36. The van der Waals surface area contributed by atoms with Crippen LogP contribution in [-0.2, 0) is 0 Å². The number of rotatable bonds is 2. The van der Waals surface area contributed by atoms with Gasteiger partial charge in [0.15, 0.2) is 11.5 Å². The number of aromatic hydroxyl groups is 1. The third kappa shape index (κ3) is 1.70. The summed E-state index contributed by atoms with van der Waals surface area (Å²) in [7, 11) is 0. The minimum atomic E-state index is 0.231.